The number of nitro benzene ring substituents is 1. The summed E-state index contributed by atoms with van der Waals surface area (Å²) in [6.07, 6.45) is 1.39. The molecule has 0 fully saturated rings. The van der Waals surface area contributed by atoms with Gasteiger partial charge in [0.15, 0.2) is 6.29 Å². The number of hydrogen-bond acceptors (Lipinski definition) is 4. The number of hydrogen-bond donors (Lipinski definition) is 0. The lowest BCUT2D eigenvalue weighted by molar-refractivity contribution is -0.384. The molecule has 0 bridgehead atoms. The zero-order valence-corrected chi connectivity index (χ0v) is 10.8. The van der Waals surface area contributed by atoms with Crippen LogP contribution in [0.5, 0.6) is 5.75 Å². The molecule has 0 spiro atoms. The molecular formula is C13H17NO4. The average Bonchev–Trinajstić information content (AvgIpc) is 2.27. The molecule has 0 aliphatic carbocycles. The van der Waals surface area contributed by atoms with Gasteiger partial charge in [0.2, 0.25) is 0 Å². The molecule has 1 rings (SSSR count). The van der Waals surface area contributed by atoms with Gasteiger partial charge in [0.25, 0.3) is 5.69 Å². The maximum absolute atomic E-state index is 10.9. The van der Waals surface area contributed by atoms with Crippen molar-refractivity contribution in [1.29, 1.82) is 0 Å². The summed E-state index contributed by atoms with van der Waals surface area (Å²) in [4.78, 5) is 21.0. The molecule has 0 saturated carbocycles. The van der Waals surface area contributed by atoms with Crippen molar-refractivity contribution in [3.63, 3.8) is 0 Å². The van der Waals surface area contributed by atoms with Crippen LogP contribution in [0.25, 0.3) is 0 Å². The van der Waals surface area contributed by atoms with Crippen molar-refractivity contribution in [2.75, 3.05) is 0 Å². The normalized spacial score (nSPS) is 12.2. The van der Waals surface area contributed by atoms with E-state index in [4.69, 9.17) is 4.74 Å². The first kappa shape index (κ1) is 14.2. The highest BCUT2D eigenvalue weighted by molar-refractivity contribution is 5.80. The largest absolute Gasteiger partial charge is 0.490 e. The fourth-order valence-electron chi connectivity index (χ4n) is 1.78. The SMILES string of the molecule is CC(C)CC(C)Oc1ccc([N+](=O)[O-])cc1C=O. The molecule has 1 aromatic rings. The van der Waals surface area contributed by atoms with Gasteiger partial charge < -0.3 is 4.74 Å². The first-order valence-electron chi connectivity index (χ1n) is 5.84. The van der Waals surface area contributed by atoms with E-state index in [-0.39, 0.29) is 17.4 Å². The van der Waals surface area contributed by atoms with E-state index in [1.54, 1.807) is 0 Å². The minimum Gasteiger partial charge on any atom is -0.490 e. The van der Waals surface area contributed by atoms with E-state index < -0.39 is 4.92 Å². The average molecular weight is 251 g/mol. The molecule has 1 unspecified atom stereocenters. The maximum Gasteiger partial charge on any atom is 0.270 e. The topological polar surface area (TPSA) is 69.4 Å². The van der Waals surface area contributed by atoms with Crippen molar-refractivity contribution in [1.82, 2.24) is 0 Å². The van der Waals surface area contributed by atoms with Crippen molar-refractivity contribution >= 4 is 12.0 Å². The summed E-state index contributed by atoms with van der Waals surface area (Å²) in [6.45, 7) is 6.07. The number of nitrogens with zero attached hydrogens (tertiary/aromatic N) is 1. The van der Waals surface area contributed by atoms with Gasteiger partial charge >= 0.3 is 0 Å². The minimum atomic E-state index is -0.533. The molecule has 1 atom stereocenters. The van der Waals surface area contributed by atoms with Crippen LogP contribution < -0.4 is 4.74 Å². The minimum absolute atomic E-state index is 0.0369. The van der Waals surface area contributed by atoms with Crippen molar-refractivity contribution in [3.8, 4) is 5.75 Å². The van der Waals surface area contributed by atoms with Crippen LogP contribution in [0, 0.1) is 16.0 Å². The zero-order chi connectivity index (χ0) is 13.7. The Morgan fingerprint density at radius 3 is 2.56 bits per heavy atom. The third kappa shape index (κ3) is 3.84. The molecule has 0 heterocycles. The Kier molecular flexibility index (Phi) is 4.83. The van der Waals surface area contributed by atoms with Crippen LogP contribution in [0.15, 0.2) is 18.2 Å². The molecule has 0 saturated heterocycles. The molecule has 5 heteroatoms. The van der Waals surface area contributed by atoms with Gasteiger partial charge in [-0.15, -0.1) is 0 Å². The number of rotatable bonds is 6. The fraction of sp³-hybridized carbons (Fsp3) is 0.462. The highest BCUT2D eigenvalue weighted by atomic mass is 16.6. The lowest BCUT2D eigenvalue weighted by atomic mass is 10.1. The molecule has 98 valence electrons. The van der Waals surface area contributed by atoms with Crippen LogP contribution in [0.4, 0.5) is 5.69 Å². The monoisotopic (exact) mass is 251 g/mol. The standard InChI is InChI=1S/C13H17NO4/c1-9(2)6-10(3)18-13-5-4-12(14(16)17)7-11(13)8-15/h4-5,7-10H,6H2,1-3H3. The van der Waals surface area contributed by atoms with Gasteiger partial charge in [-0.3, -0.25) is 14.9 Å². The van der Waals surface area contributed by atoms with E-state index in [1.807, 2.05) is 6.92 Å². The smallest absolute Gasteiger partial charge is 0.270 e. The number of carbonyl (C=O) groups excluding carboxylic acids is 1. The van der Waals surface area contributed by atoms with Gasteiger partial charge in [0.1, 0.15) is 5.75 Å². The van der Waals surface area contributed by atoms with E-state index in [0.29, 0.717) is 18.0 Å². The predicted molar refractivity (Wildman–Crippen MR) is 68.0 cm³/mol. The van der Waals surface area contributed by atoms with Crippen LogP contribution >= 0.6 is 0 Å². The number of benzene rings is 1. The highest BCUT2D eigenvalue weighted by Crippen LogP contribution is 2.24. The molecule has 0 aromatic heterocycles. The van der Waals surface area contributed by atoms with Crippen molar-refractivity contribution in [3.05, 3.63) is 33.9 Å². The Bertz CT molecular complexity index is 443. The maximum atomic E-state index is 10.9. The zero-order valence-electron chi connectivity index (χ0n) is 10.8. The first-order valence-corrected chi connectivity index (χ1v) is 5.84. The third-order valence-corrected chi connectivity index (χ3v) is 2.46. The summed E-state index contributed by atoms with van der Waals surface area (Å²) in [6, 6.07) is 4.04. The number of nitro groups is 1. The van der Waals surface area contributed by atoms with Crippen LogP contribution in [0.3, 0.4) is 0 Å². The summed E-state index contributed by atoms with van der Waals surface area (Å²) >= 11 is 0. The lowest BCUT2D eigenvalue weighted by Crippen LogP contribution is -2.15. The quantitative estimate of drug-likeness (QED) is 0.442. The summed E-state index contributed by atoms with van der Waals surface area (Å²) in [7, 11) is 0. The summed E-state index contributed by atoms with van der Waals surface area (Å²) < 4.78 is 5.63. The number of aldehydes is 1. The first-order chi connectivity index (χ1) is 8.43. The second-order valence-electron chi connectivity index (χ2n) is 4.66. The van der Waals surface area contributed by atoms with Crippen LogP contribution in [-0.4, -0.2) is 17.3 Å². The van der Waals surface area contributed by atoms with E-state index in [0.717, 1.165) is 6.42 Å². The molecule has 0 aliphatic rings. The molecule has 0 aliphatic heterocycles. The van der Waals surface area contributed by atoms with Crippen LogP contribution in [0.2, 0.25) is 0 Å². The molecule has 1 aromatic carbocycles. The Morgan fingerprint density at radius 1 is 1.39 bits per heavy atom. The van der Waals surface area contributed by atoms with Crippen molar-refractivity contribution in [2.45, 2.75) is 33.3 Å². The second kappa shape index (κ2) is 6.14. The predicted octanol–water partition coefficient (Wildman–Crippen LogP) is 3.22. The van der Waals surface area contributed by atoms with E-state index in [2.05, 4.69) is 13.8 Å². The molecule has 0 amide bonds. The fourth-order valence-corrected chi connectivity index (χ4v) is 1.78. The molecule has 5 nitrogen and oxygen atoms in total. The number of non-ortho nitro benzene ring substituents is 1. The lowest BCUT2D eigenvalue weighted by Gasteiger charge is -2.17. The van der Waals surface area contributed by atoms with E-state index >= 15 is 0 Å². The number of ether oxygens (including phenoxy) is 1. The highest BCUT2D eigenvalue weighted by Gasteiger charge is 2.14. The van der Waals surface area contributed by atoms with Crippen molar-refractivity contribution < 1.29 is 14.5 Å². The third-order valence-electron chi connectivity index (χ3n) is 2.46. The summed E-state index contributed by atoms with van der Waals surface area (Å²) in [5, 5.41) is 10.6. The van der Waals surface area contributed by atoms with Gasteiger partial charge in [0, 0.05) is 12.1 Å². The summed E-state index contributed by atoms with van der Waals surface area (Å²) in [5.74, 6) is 0.876. The molecule has 0 radical (unpaired) electrons. The van der Waals surface area contributed by atoms with Gasteiger partial charge in [-0.1, -0.05) is 13.8 Å². The van der Waals surface area contributed by atoms with E-state index in [1.165, 1.54) is 18.2 Å². The van der Waals surface area contributed by atoms with E-state index in [9.17, 15) is 14.9 Å². The second-order valence-corrected chi connectivity index (χ2v) is 4.66. The Labute approximate surface area is 106 Å². The molecule has 0 N–H and O–H groups in total. The van der Waals surface area contributed by atoms with Gasteiger partial charge in [0.05, 0.1) is 16.6 Å². The number of carbonyl (C=O) groups is 1. The Hall–Kier alpha value is -1.91. The van der Waals surface area contributed by atoms with Gasteiger partial charge in [-0.05, 0) is 25.3 Å². The van der Waals surface area contributed by atoms with Crippen molar-refractivity contribution in [2.24, 2.45) is 5.92 Å². The van der Waals surface area contributed by atoms with Crippen LogP contribution in [0.1, 0.15) is 37.6 Å². The Balaban J connectivity index is 2.89. The van der Waals surface area contributed by atoms with Crippen LogP contribution in [-0.2, 0) is 0 Å². The van der Waals surface area contributed by atoms with Gasteiger partial charge in [-0.25, -0.2) is 0 Å². The Morgan fingerprint density at radius 2 is 2.06 bits per heavy atom. The molecule has 18 heavy (non-hydrogen) atoms. The van der Waals surface area contributed by atoms with Gasteiger partial charge in [-0.2, -0.15) is 0 Å². The molecular weight excluding hydrogens is 234 g/mol. The summed E-state index contributed by atoms with van der Waals surface area (Å²) in [5.41, 5.74) is 0.0979.